The average molecular weight is 440 g/mol. The third-order valence-corrected chi connectivity index (χ3v) is 5.84. The van der Waals surface area contributed by atoms with Crippen LogP contribution in [0.25, 0.3) is 0 Å². The maximum Gasteiger partial charge on any atom is 0.253 e. The van der Waals surface area contributed by atoms with Crippen LogP contribution >= 0.6 is 0 Å². The van der Waals surface area contributed by atoms with Gasteiger partial charge in [-0.05, 0) is 42.7 Å². The second-order valence-corrected chi connectivity index (χ2v) is 8.19. The van der Waals surface area contributed by atoms with Crippen LogP contribution in [0.15, 0.2) is 85.7 Å². The van der Waals surface area contributed by atoms with Gasteiger partial charge >= 0.3 is 0 Å². The van der Waals surface area contributed by atoms with E-state index in [1.807, 2.05) is 70.3 Å². The molecule has 1 atom stereocenters. The number of para-hydroxylation sites is 1. The number of carbonyl (C=O) groups excluding carboxylic acids is 1. The van der Waals surface area contributed by atoms with Crippen molar-refractivity contribution in [3.05, 3.63) is 103 Å². The number of hydrogen-bond acceptors (Lipinski definition) is 5. The van der Waals surface area contributed by atoms with Crippen molar-refractivity contribution in [2.75, 3.05) is 13.1 Å². The summed E-state index contributed by atoms with van der Waals surface area (Å²) in [6, 6.07) is 17.4. The fourth-order valence-corrected chi connectivity index (χ4v) is 4.26. The summed E-state index contributed by atoms with van der Waals surface area (Å²) in [7, 11) is 0. The van der Waals surface area contributed by atoms with Crippen LogP contribution in [0.5, 0.6) is 11.6 Å². The maximum atomic E-state index is 13.3. The molecule has 2 aromatic heterocycles. The van der Waals surface area contributed by atoms with Gasteiger partial charge in [-0.15, -0.1) is 0 Å². The number of hydrogen-bond donors (Lipinski definition) is 0. The number of piperidine rings is 1. The van der Waals surface area contributed by atoms with Crippen LogP contribution in [-0.2, 0) is 6.54 Å². The van der Waals surface area contributed by atoms with Crippen LogP contribution in [-0.4, -0.2) is 43.4 Å². The van der Waals surface area contributed by atoms with E-state index < -0.39 is 0 Å². The summed E-state index contributed by atoms with van der Waals surface area (Å²) in [5, 5.41) is 0. The van der Waals surface area contributed by atoms with E-state index in [9.17, 15) is 4.79 Å². The molecule has 7 nitrogen and oxygen atoms in total. The number of rotatable bonds is 6. The number of amides is 1. The van der Waals surface area contributed by atoms with Crippen LogP contribution in [0.1, 0.15) is 40.4 Å². The summed E-state index contributed by atoms with van der Waals surface area (Å²) in [4.78, 5) is 28.4. The topological polar surface area (TPSA) is 73.1 Å². The summed E-state index contributed by atoms with van der Waals surface area (Å²) in [6.45, 7) is 2.01. The molecular formula is C26H25N5O2. The Labute approximate surface area is 192 Å². The highest BCUT2D eigenvalue weighted by Crippen LogP contribution is 2.33. The zero-order valence-electron chi connectivity index (χ0n) is 18.2. The summed E-state index contributed by atoms with van der Waals surface area (Å²) >= 11 is 0. The van der Waals surface area contributed by atoms with Crippen LogP contribution < -0.4 is 4.74 Å². The number of nitrogens with zero attached hydrogens (tertiary/aromatic N) is 5. The van der Waals surface area contributed by atoms with E-state index in [2.05, 4.69) is 15.0 Å². The van der Waals surface area contributed by atoms with Gasteiger partial charge in [-0.2, -0.15) is 0 Å². The predicted octanol–water partition coefficient (Wildman–Crippen LogP) is 4.53. The molecule has 5 rings (SSSR count). The smallest absolute Gasteiger partial charge is 0.253 e. The third kappa shape index (κ3) is 4.92. The van der Waals surface area contributed by atoms with E-state index in [1.165, 1.54) is 0 Å². The van der Waals surface area contributed by atoms with E-state index >= 15 is 0 Å². The summed E-state index contributed by atoms with van der Waals surface area (Å²) in [5.41, 5.74) is 2.57. The number of carbonyl (C=O) groups is 1. The molecule has 1 unspecified atom stereocenters. The molecule has 0 bridgehead atoms. The molecule has 0 saturated carbocycles. The first-order chi connectivity index (χ1) is 16.3. The Kier molecular flexibility index (Phi) is 6.10. The van der Waals surface area contributed by atoms with Gasteiger partial charge in [0.15, 0.2) is 0 Å². The van der Waals surface area contributed by atoms with Gasteiger partial charge in [0.05, 0.1) is 6.33 Å². The monoisotopic (exact) mass is 439 g/mol. The van der Waals surface area contributed by atoms with Crippen LogP contribution in [0.4, 0.5) is 0 Å². The molecule has 7 heteroatoms. The summed E-state index contributed by atoms with van der Waals surface area (Å²) in [5.74, 6) is 1.34. The first kappa shape index (κ1) is 20.9. The molecule has 2 aromatic carbocycles. The molecule has 4 aromatic rings. The lowest BCUT2D eigenvalue weighted by Gasteiger charge is -2.33. The first-order valence-electron chi connectivity index (χ1n) is 11.1. The Morgan fingerprint density at radius 2 is 1.91 bits per heavy atom. The molecule has 33 heavy (non-hydrogen) atoms. The van der Waals surface area contributed by atoms with Crippen molar-refractivity contribution in [3.63, 3.8) is 0 Å². The quantitative estimate of drug-likeness (QED) is 0.441. The minimum atomic E-state index is 0.0431. The molecule has 1 saturated heterocycles. The van der Waals surface area contributed by atoms with Crippen molar-refractivity contribution in [3.8, 4) is 11.6 Å². The number of aromatic nitrogens is 4. The Morgan fingerprint density at radius 1 is 1.03 bits per heavy atom. The fourth-order valence-electron chi connectivity index (χ4n) is 4.26. The van der Waals surface area contributed by atoms with Gasteiger partial charge in [0.25, 0.3) is 5.91 Å². The molecule has 0 radical (unpaired) electrons. The maximum absolute atomic E-state index is 13.3. The largest absolute Gasteiger partial charge is 0.437 e. The van der Waals surface area contributed by atoms with Crippen LogP contribution in [0.3, 0.4) is 0 Å². The van der Waals surface area contributed by atoms with Crippen molar-refractivity contribution in [1.29, 1.82) is 0 Å². The minimum Gasteiger partial charge on any atom is -0.437 e. The van der Waals surface area contributed by atoms with Gasteiger partial charge in [0, 0.05) is 55.9 Å². The Morgan fingerprint density at radius 3 is 2.76 bits per heavy atom. The molecule has 1 aliphatic heterocycles. The predicted molar refractivity (Wildman–Crippen MR) is 124 cm³/mol. The van der Waals surface area contributed by atoms with Crippen molar-refractivity contribution in [1.82, 2.24) is 24.4 Å². The molecule has 1 fully saturated rings. The molecule has 3 heterocycles. The molecular weight excluding hydrogens is 414 g/mol. The van der Waals surface area contributed by atoms with E-state index in [4.69, 9.17) is 4.74 Å². The van der Waals surface area contributed by atoms with Crippen molar-refractivity contribution < 1.29 is 9.53 Å². The molecule has 1 amide bonds. The average Bonchev–Trinajstić information content (AvgIpc) is 3.38. The highest BCUT2D eigenvalue weighted by molar-refractivity contribution is 5.94. The molecule has 0 N–H and O–H groups in total. The number of benzene rings is 2. The lowest BCUT2D eigenvalue weighted by molar-refractivity contribution is 0.0704. The standard InChI is InChI=1S/C26H25N5O2/c32-26(21-7-4-6-20(16-21)17-30-15-13-27-19-30)31-14-5-8-22(18-31)24-25(29-12-11-28-24)33-23-9-2-1-3-10-23/h1-4,6-7,9-13,15-16,19,22H,5,8,14,17-18H2. The molecule has 0 spiro atoms. The Balaban J connectivity index is 1.32. The second kappa shape index (κ2) is 9.65. The SMILES string of the molecule is O=C(c1cccc(Cn2ccnc2)c1)N1CCCC(c2nccnc2Oc2ccccc2)C1. The number of ether oxygens (including phenoxy) is 1. The lowest BCUT2D eigenvalue weighted by Crippen LogP contribution is -2.39. The van der Waals surface area contributed by atoms with Gasteiger partial charge in [-0.3, -0.25) is 9.78 Å². The Bertz CT molecular complexity index is 1210. The minimum absolute atomic E-state index is 0.0431. The van der Waals surface area contributed by atoms with Gasteiger partial charge in [0.2, 0.25) is 5.88 Å². The highest BCUT2D eigenvalue weighted by Gasteiger charge is 2.29. The van der Waals surface area contributed by atoms with Gasteiger partial charge in [0.1, 0.15) is 11.4 Å². The van der Waals surface area contributed by atoms with Gasteiger partial charge in [-0.25, -0.2) is 9.97 Å². The van der Waals surface area contributed by atoms with Gasteiger partial charge in [-0.1, -0.05) is 30.3 Å². The van der Waals surface area contributed by atoms with Crippen molar-refractivity contribution in [2.45, 2.75) is 25.3 Å². The summed E-state index contributed by atoms with van der Waals surface area (Å²) < 4.78 is 8.01. The summed E-state index contributed by atoms with van der Waals surface area (Å²) in [6.07, 6.45) is 10.6. The van der Waals surface area contributed by atoms with E-state index in [-0.39, 0.29) is 11.8 Å². The molecule has 1 aliphatic rings. The zero-order valence-corrected chi connectivity index (χ0v) is 18.2. The van der Waals surface area contributed by atoms with E-state index in [0.29, 0.717) is 24.5 Å². The second-order valence-electron chi connectivity index (χ2n) is 8.19. The zero-order chi connectivity index (χ0) is 22.5. The number of likely N-dealkylation sites (tertiary alicyclic amines) is 1. The third-order valence-electron chi connectivity index (χ3n) is 5.84. The number of imidazole rings is 1. The van der Waals surface area contributed by atoms with Crippen molar-refractivity contribution >= 4 is 5.91 Å². The normalized spacial score (nSPS) is 15.9. The molecule has 166 valence electrons. The fraction of sp³-hybridized carbons (Fsp3) is 0.231. The molecule has 0 aliphatic carbocycles. The van der Waals surface area contributed by atoms with Crippen LogP contribution in [0.2, 0.25) is 0 Å². The Hall–Kier alpha value is -4.00. The van der Waals surface area contributed by atoms with Crippen LogP contribution in [0, 0.1) is 0 Å². The van der Waals surface area contributed by atoms with E-state index in [0.717, 1.165) is 36.4 Å². The van der Waals surface area contributed by atoms with Crippen molar-refractivity contribution in [2.24, 2.45) is 0 Å². The lowest BCUT2D eigenvalue weighted by atomic mass is 9.94. The first-order valence-corrected chi connectivity index (χ1v) is 11.1. The highest BCUT2D eigenvalue weighted by atomic mass is 16.5. The van der Waals surface area contributed by atoms with E-state index in [1.54, 1.807) is 24.9 Å². The van der Waals surface area contributed by atoms with Gasteiger partial charge < -0.3 is 14.2 Å².